The van der Waals surface area contributed by atoms with Crippen molar-refractivity contribution in [2.75, 3.05) is 0 Å². The molecular formula is C52H64Cl2O2Si3Zr. The molecule has 6 aromatic rings. The van der Waals surface area contributed by atoms with Crippen LogP contribution in [0.4, 0.5) is 0 Å². The summed E-state index contributed by atoms with van der Waals surface area (Å²) in [5, 5.41) is 2.99. The molecule has 0 saturated heterocycles. The largest absolute Gasteiger partial charge is 0.147 e. The number of fused-ring (bicyclic) bond motifs is 2. The molecule has 2 unspecified atom stereocenters. The molecule has 0 spiro atoms. The van der Waals surface area contributed by atoms with Gasteiger partial charge >= 0.3 is 355 Å². The number of aryl methyl sites for hydroxylation is 4. The molecule has 4 aromatic carbocycles. The van der Waals surface area contributed by atoms with E-state index in [0.717, 1.165) is 23.0 Å². The van der Waals surface area contributed by atoms with Gasteiger partial charge in [0, 0.05) is 0 Å². The van der Waals surface area contributed by atoms with Gasteiger partial charge in [0.25, 0.3) is 0 Å². The molecule has 0 saturated carbocycles. The molecule has 2 aromatic heterocycles. The number of allylic oxidation sites excluding steroid dienone is 2. The van der Waals surface area contributed by atoms with Crippen LogP contribution in [0.1, 0.15) is 74.8 Å². The first-order valence-electron chi connectivity index (χ1n) is 21.2. The molecule has 2 nitrogen and oxygen atoms in total. The van der Waals surface area contributed by atoms with Crippen molar-refractivity contribution in [1.82, 2.24) is 0 Å². The Morgan fingerprint density at radius 2 is 0.833 bits per heavy atom. The van der Waals surface area contributed by atoms with Gasteiger partial charge in [0.1, 0.15) is 0 Å². The Labute approximate surface area is 376 Å². The molecule has 0 radical (unpaired) electrons. The minimum Gasteiger partial charge on any atom is -0.147 e. The van der Waals surface area contributed by atoms with Crippen molar-refractivity contribution in [1.29, 1.82) is 0 Å². The Morgan fingerprint density at radius 3 is 1.12 bits per heavy atom. The molecule has 60 heavy (non-hydrogen) atoms. The monoisotopic (exact) mass is 964 g/mol. The van der Waals surface area contributed by atoms with Crippen LogP contribution in [-0.4, -0.2) is 23.0 Å². The summed E-state index contributed by atoms with van der Waals surface area (Å²) in [5.41, 5.74) is 19.1. The first kappa shape index (κ1) is 46.5. The van der Waals surface area contributed by atoms with Crippen molar-refractivity contribution in [3.63, 3.8) is 0 Å². The van der Waals surface area contributed by atoms with Gasteiger partial charge in [-0.15, -0.1) is 24.8 Å². The summed E-state index contributed by atoms with van der Waals surface area (Å²) in [6.45, 7) is 30.4. The Bertz CT molecular complexity index is 2600. The molecule has 2 heterocycles. The second-order valence-electron chi connectivity index (χ2n) is 20.9. The molecule has 314 valence electrons. The smallest absolute Gasteiger partial charge is 0.147 e. The Balaban J connectivity index is 0.00000302. The molecule has 0 N–H and O–H groups in total. The van der Waals surface area contributed by atoms with Gasteiger partial charge in [0.05, 0.1) is 0 Å². The van der Waals surface area contributed by atoms with E-state index in [0.29, 0.717) is 0 Å². The predicted octanol–water partition coefficient (Wildman–Crippen LogP) is 14.2. The van der Waals surface area contributed by atoms with Crippen molar-refractivity contribution in [3.05, 3.63) is 152 Å². The molecule has 8 rings (SSSR count). The topological polar surface area (TPSA) is 26.3 Å². The van der Waals surface area contributed by atoms with Gasteiger partial charge in [-0.3, -0.25) is 0 Å². The van der Waals surface area contributed by atoms with Crippen LogP contribution in [0.2, 0.25) is 48.5 Å². The summed E-state index contributed by atoms with van der Waals surface area (Å²) in [7, 11) is -2.90. The van der Waals surface area contributed by atoms with Gasteiger partial charge < -0.3 is 0 Å². The third-order valence-corrected chi connectivity index (χ3v) is 35.0. The van der Waals surface area contributed by atoms with Gasteiger partial charge in [-0.25, -0.2) is 0 Å². The Hall–Kier alpha value is -2.97. The van der Waals surface area contributed by atoms with Gasteiger partial charge in [-0.1, -0.05) is 0 Å². The van der Waals surface area contributed by atoms with Crippen molar-refractivity contribution in [2.45, 2.75) is 97.3 Å². The fourth-order valence-electron chi connectivity index (χ4n) is 10.4. The summed E-state index contributed by atoms with van der Waals surface area (Å²) in [6, 6.07) is 33.0. The molecule has 8 heteroatoms. The average molecular weight is 967 g/mol. The average Bonchev–Trinajstić information content (AvgIpc) is 3.94. The quantitative estimate of drug-likeness (QED) is 0.142. The second kappa shape index (κ2) is 16.0. The van der Waals surface area contributed by atoms with E-state index < -0.39 is 33.5 Å². The van der Waals surface area contributed by atoms with E-state index in [-0.39, 0.29) is 32.1 Å². The maximum Gasteiger partial charge on any atom is -0.147 e. The van der Waals surface area contributed by atoms with Crippen LogP contribution in [0.25, 0.3) is 45.6 Å². The third-order valence-electron chi connectivity index (χ3n) is 13.7. The van der Waals surface area contributed by atoms with Crippen molar-refractivity contribution in [2.24, 2.45) is 0 Å². The zero-order valence-electron chi connectivity index (χ0n) is 38.2. The SMILES string of the molecule is Cc1ccc(C2=Cc3c(cc(C)c(C)c3-c3ccc([Si](C)(C)C)cc3)[CH]2[Zr]([CH3])([CH3])(=[SiH2])[CH]2C(c3ccc(C)o3)=Cc3c2cc(C)c(C)c3-c2ccc([Si](C)(C)C)cc2)o1.Cl.Cl. The van der Waals surface area contributed by atoms with E-state index in [2.05, 4.69) is 194 Å². The Morgan fingerprint density at radius 1 is 0.500 bits per heavy atom. The van der Waals surface area contributed by atoms with Crippen LogP contribution in [0.5, 0.6) is 0 Å². The molecule has 0 aliphatic heterocycles. The number of hydrogen-bond acceptors (Lipinski definition) is 2. The van der Waals surface area contributed by atoms with Crippen LogP contribution in [-0.2, 0) is 17.4 Å². The van der Waals surface area contributed by atoms with Gasteiger partial charge in [0.2, 0.25) is 0 Å². The van der Waals surface area contributed by atoms with Crippen LogP contribution in [0.3, 0.4) is 0 Å². The van der Waals surface area contributed by atoms with Crippen LogP contribution in [0.15, 0.2) is 93.8 Å². The van der Waals surface area contributed by atoms with E-state index in [1.54, 1.807) is 0 Å². The second-order valence-corrected chi connectivity index (χ2v) is 61.5. The van der Waals surface area contributed by atoms with E-state index in [1.807, 2.05) is 0 Å². The molecule has 2 atom stereocenters. The number of furan rings is 2. The van der Waals surface area contributed by atoms with E-state index in [1.165, 1.54) is 88.3 Å². The minimum atomic E-state index is -4.26. The molecule has 0 bridgehead atoms. The fraction of sp³-hybridized carbons (Fsp3) is 0.308. The summed E-state index contributed by atoms with van der Waals surface area (Å²) >= 11 is -4.26. The normalized spacial score (nSPS) is 16.4. The fourth-order valence-corrected chi connectivity index (χ4v) is 31.0. The molecular weight excluding hydrogens is 903 g/mol. The zero-order valence-corrected chi connectivity index (χ0v) is 45.7. The van der Waals surface area contributed by atoms with E-state index in [4.69, 9.17) is 8.83 Å². The summed E-state index contributed by atoms with van der Waals surface area (Å²) in [5.74, 6) is 3.92. The van der Waals surface area contributed by atoms with Crippen molar-refractivity contribution in [3.8, 4) is 22.3 Å². The minimum absolute atomic E-state index is 0. The maximum absolute atomic E-state index is 6.66. The number of rotatable bonds is 8. The van der Waals surface area contributed by atoms with E-state index in [9.17, 15) is 0 Å². The summed E-state index contributed by atoms with van der Waals surface area (Å²) in [6.07, 6.45) is 5.06. The Kier molecular flexibility index (Phi) is 12.4. The van der Waals surface area contributed by atoms with Crippen LogP contribution < -0.4 is 10.4 Å². The first-order chi connectivity index (χ1) is 27.0. The van der Waals surface area contributed by atoms with Gasteiger partial charge in [-0.05, 0) is 0 Å². The van der Waals surface area contributed by atoms with Crippen LogP contribution >= 0.6 is 24.8 Å². The number of hydrogen-bond donors (Lipinski definition) is 0. The van der Waals surface area contributed by atoms with Gasteiger partial charge in [-0.2, -0.15) is 0 Å². The first-order valence-corrected chi connectivity index (χ1v) is 41.9. The van der Waals surface area contributed by atoms with Crippen molar-refractivity contribution >= 4 is 81.5 Å². The third kappa shape index (κ3) is 7.85. The molecule has 0 fully saturated rings. The van der Waals surface area contributed by atoms with E-state index >= 15 is 0 Å². The summed E-state index contributed by atoms with van der Waals surface area (Å²) < 4.78 is 19.2. The molecule has 2 aliphatic carbocycles. The zero-order chi connectivity index (χ0) is 41.9. The summed E-state index contributed by atoms with van der Waals surface area (Å²) in [4.78, 5) is 0. The standard InChI is InChI=1S/2C25H27OSi.2CH3.2ClH.H2Si.Zr/c2*1-16-13-20-14-21(24-12-7-17(2)26-24)15-23(20)25(18(16)3)19-8-10-22(11-9-19)27(4,5)6;;;;;;/h2*7-15H,1-6H3;2*1H3;2*1H;1H2;. The maximum atomic E-state index is 6.66. The number of halogens is 2. The predicted molar refractivity (Wildman–Crippen MR) is 272 cm³/mol. The van der Waals surface area contributed by atoms with Gasteiger partial charge in [0.15, 0.2) is 0 Å². The van der Waals surface area contributed by atoms with Crippen LogP contribution in [0, 0.1) is 41.5 Å². The molecule has 0 amide bonds. The van der Waals surface area contributed by atoms with Crippen molar-refractivity contribution < 1.29 is 26.2 Å². The number of benzene rings is 4. The molecule has 2 aliphatic rings.